The number of sulfonamides is 2. The number of nitrogens with one attached hydrogen (secondary N) is 2. The fourth-order valence-corrected chi connectivity index (χ4v) is 4.43. The van der Waals surface area contributed by atoms with Gasteiger partial charge in [-0.1, -0.05) is 0 Å². The molecule has 0 atom stereocenters. The van der Waals surface area contributed by atoms with Crippen molar-refractivity contribution in [3.05, 3.63) is 76.7 Å². The van der Waals surface area contributed by atoms with Crippen LogP contribution in [0.4, 0.5) is 17.2 Å². The molecule has 0 aliphatic heterocycles. The van der Waals surface area contributed by atoms with Crippen LogP contribution >= 0.6 is 0 Å². The lowest BCUT2D eigenvalue weighted by atomic mass is 10.3. The number of benzene rings is 2. The molecule has 0 unspecified atom stereocenters. The van der Waals surface area contributed by atoms with Crippen LogP contribution in [-0.4, -0.2) is 31.7 Å². The molecule has 0 aliphatic rings. The summed E-state index contributed by atoms with van der Waals surface area (Å²) in [5.74, 6) is 0.497. The van der Waals surface area contributed by atoms with Crippen molar-refractivity contribution >= 4 is 37.2 Å². The number of nitro benzene ring substituents is 1. The lowest BCUT2D eigenvalue weighted by Gasteiger charge is -2.10. The molecule has 30 heavy (non-hydrogen) atoms. The molecule has 0 saturated carbocycles. The van der Waals surface area contributed by atoms with Gasteiger partial charge in [-0.25, -0.2) is 26.8 Å². The van der Waals surface area contributed by atoms with Crippen LogP contribution in [0.5, 0.6) is 0 Å². The number of non-ortho nitro benzene ring substituents is 1. The first-order valence-corrected chi connectivity index (χ1v) is 11.2. The summed E-state index contributed by atoms with van der Waals surface area (Å²) in [6.45, 7) is 1.61. The van der Waals surface area contributed by atoms with Gasteiger partial charge in [0.25, 0.3) is 25.7 Å². The summed E-state index contributed by atoms with van der Waals surface area (Å²) in [4.78, 5) is 17.6. The third-order valence-corrected chi connectivity index (χ3v) is 6.56. The Morgan fingerprint density at radius 2 is 1.37 bits per heavy atom. The summed E-state index contributed by atoms with van der Waals surface area (Å²) < 4.78 is 54.3. The molecule has 3 aromatic rings. The highest BCUT2D eigenvalue weighted by Crippen LogP contribution is 2.21. The third-order valence-electron chi connectivity index (χ3n) is 3.79. The summed E-state index contributed by atoms with van der Waals surface area (Å²) in [6, 6.07) is 10.8. The Hall–Kier alpha value is -3.58. The van der Waals surface area contributed by atoms with E-state index in [1.807, 2.05) is 0 Å². The summed E-state index contributed by atoms with van der Waals surface area (Å²) in [6.07, 6.45) is 1.41. The van der Waals surface area contributed by atoms with E-state index in [2.05, 4.69) is 19.4 Å². The molecule has 0 saturated heterocycles. The summed E-state index contributed by atoms with van der Waals surface area (Å²) in [5, 5.41) is 10.7. The summed E-state index contributed by atoms with van der Waals surface area (Å²) >= 11 is 0. The van der Waals surface area contributed by atoms with E-state index in [1.54, 1.807) is 6.92 Å². The van der Waals surface area contributed by atoms with E-state index < -0.39 is 25.0 Å². The predicted octanol–water partition coefficient (Wildman–Crippen LogP) is 2.29. The largest absolute Gasteiger partial charge is 0.280 e. The Morgan fingerprint density at radius 3 is 1.90 bits per heavy atom. The monoisotopic (exact) mass is 449 g/mol. The molecule has 0 amide bonds. The van der Waals surface area contributed by atoms with Gasteiger partial charge in [-0.2, -0.15) is 0 Å². The lowest BCUT2D eigenvalue weighted by molar-refractivity contribution is -0.384. The standard InChI is InChI=1S/C17H15N5O6S2/c1-12-18-11-10-17(19-12)21-30(27,28)15-6-2-13(3-7-15)20-29(25,26)16-8-4-14(5-9-16)22(23)24/h2-11,20H,1H3,(H,18,19,21). The third kappa shape index (κ3) is 4.87. The second-order valence-corrected chi connectivity index (χ2v) is 9.34. The SMILES string of the molecule is Cc1nccc(NS(=O)(=O)c2ccc(NS(=O)(=O)c3ccc([N+](=O)[O-])cc3)cc2)n1. The fraction of sp³-hybridized carbons (Fsp3) is 0.0588. The van der Waals surface area contributed by atoms with E-state index in [9.17, 15) is 26.9 Å². The predicted molar refractivity (Wildman–Crippen MR) is 108 cm³/mol. The second kappa shape index (κ2) is 8.04. The number of hydrogen-bond donors (Lipinski definition) is 2. The van der Waals surface area contributed by atoms with Gasteiger partial charge in [0, 0.05) is 24.0 Å². The number of nitrogens with zero attached hydrogens (tertiary/aromatic N) is 3. The quantitative estimate of drug-likeness (QED) is 0.410. The maximum Gasteiger partial charge on any atom is 0.269 e. The number of anilines is 2. The van der Waals surface area contributed by atoms with Crippen LogP contribution in [-0.2, 0) is 20.0 Å². The fourth-order valence-electron chi connectivity index (χ4n) is 2.37. The average molecular weight is 449 g/mol. The van der Waals surface area contributed by atoms with Crippen LogP contribution in [0.25, 0.3) is 0 Å². The molecule has 2 N–H and O–H groups in total. The van der Waals surface area contributed by atoms with E-state index in [1.165, 1.54) is 36.5 Å². The molecular formula is C17H15N5O6S2. The molecule has 3 rings (SSSR count). The zero-order chi connectivity index (χ0) is 21.9. The van der Waals surface area contributed by atoms with Gasteiger partial charge in [-0.05, 0) is 49.4 Å². The average Bonchev–Trinajstić information content (AvgIpc) is 2.68. The second-order valence-electron chi connectivity index (χ2n) is 5.98. The first-order valence-electron chi connectivity index (χ1n) is 8.27. The van der Waals surface area contributed by atoms with Gasteiger partial charge in [0.15, 0.2) is 0 Å². The molecule has 1 aromatic heterocycles. The molecular weight excluding hydrogens is 434 g/mol. The molecule has 0 radical (unpaired) electrons. The molecule has 0 fully saturated rings. The molecule has 13 heteroatoms. The topological polar surface area (TPSA) is 161 Å². The van der Waals surface area contributed by atoms with Gasteiger partial charge in [-0.15, -0.1) is 0 Å². The van der Waals surface area contributed by atoms with E-state index in [-0.39, 0.29) is 27.0 Å². The number of aromatic nitrogens is 2. The zero-order valence-corrected chi connectivity index (χ0v) is 17.0. The summed E-state index contributed by atoms with van der Waals surface area (Å²) in [7, 11) is -7.95. The van der Waals surface area contributed by atoms with Crippen LogP contribution in [0.3, 0.4) is 0 Å². The minimum Gasteiger partial charge on any atom is -0.280 e. The van der Waals surface area contributed by atoms with Crippen LogP contribution in [0.15, 0.2) is 70.6 Å². The zero-order valence-electron chi connectivity index (χ0n) is 15.4. The Labute approximate surface area is 172 Å². The Morgan fingerprint density at radius 1 is 0.833 bits per heavy atom. The molecule has 0 aliphatic carbocycles. The maximum absolute atomic E-state index is 12.5. The van der Waals surface area contributed by atoms with E-state index in [0.717, 1.165) is 24.3 Å². The molecule has 11 nitrogen and oxygen atoms in total. The van der Waals surface area contributed by atoms with Gasteiger partial charge >= 0.3 is 0 Å². The van der Waals surface area contributed by atoms with Crippen molar-refractivity contribution < 1.29 is 21.8 Å². The van der Waals surface area contributed by atoms with Crippen molar-refractivity contribution in [2.24, 2.45) is 0 Å². The molecule has 0 bridgehead atoms. The minimum atomic E-state index is -4.01. The highest BCUT2D eigenvalue weighted by Gasteiger charge is 2.18. The van der Waals surface area contributed by atoms with Crippen molar-refractivity contribution in [3.63, 3.8) is 0 Å². The maximum atomic E-state index is 12.5. The van der Waals surface area contributed by atoms with Crippen LogP contribution in [0.2, 0.25) is 0 Å². The molecule has 0 spiro atoms. The number of nitro groups is 1. The normalized spacial score (nSPS) is 11.6. The van der Waals surface area contributed by atoms with Gasteiger partial charge in [-0.3, -0.25) is 19.6 Å². The van der Waals surface area contributed by atoms with Crippen LogP contribution in [0, 0.1) is 17.0 Å². The number of aryl methyl sites for hydroxylation is 1. The van der Waals surface area contributed by atoms with Gasteiger partial charge in [0.1, 0.15) is 11.6 Å². The molecule has 1 heterocycles. The smallest absolute Gasteiger partial charge is 0.269 e. The first kappa shape index (κ1) is 21.1. The Balaban J connectivity index is 1.77. The number of hydrogen-bond acceptors (Lipinski definition) is 8. The highest BCUT2D eigenvalue weighted by molar-refractivity contribution is 7.93. The van der Waals surface area contributed by atoms with Crippen molar-refractivity contribution in [1.29, 1.82) is 0 Å². The van der Waals surface area contributed by atoms with Crippen LogP contribution in [0.1, 0.15) is 5.82 Å². The molecule has 2 aromatic carbocycles. The van der Waals surface area contributed by atoms with E-state index in [0.29, 0.717) is 5.82 Å². The van der Waals surface area contributed by atoms with Gasteiger partial charge < -0.3 is 0 Å². The summed E-state index contributed by atoms with van der Waals surface area (Å²) in [5.41, 5.74) is -0.125. The van der Waals surface area contributed by atoms with E-state index >= 15 is 0 Å². The minimum absolute atomic E-state index is 0.1000. The Bertz CT molecular complexity index is 1290. The number of rotatable bonds is 7. The first-order chi connectivity index (χ1) is 14.1. The van der Waals surface area contributed by atoms with Crippen molar-refractivity contribution in [2.45, 2.75) is 16.7 Å². The van der Waals surface area contributed by atoms with Crippen LogP contribution < -0.4 is 9.44 Å². The highest BCUT2D eigenvalue weighted by atomic mass is 32.2. The van der Waals surface area contributed by atoms with Crippen molar-refractivity contribution in [3.8, 4) is 0 Å². The van der Waals surface area contributed by atoms with Gasteiger partial charge in [0.05, 0.1) is 14.7 Å². The van der Waals surface area contributed by atoms with Gasteiger partial charge in [0.2, 0.25) is 0 Å². The Kier molecular flexibility index (Phi) is 5.67. The lowest BCUT2D eigenvalue weighted by Crippen LogP contribution is -2.15. The molecule has 156 valence electrons. The van der Waals surface area contributed by atoms with E-state index in [4.69, 9.17) is 0 Å². The van der Waals surface area contributed by atoms with Crippen molar-refractivity contribution in [1.82, 2.24) is 9.97 Å². The van der Waals surface area contributed by atoms with Crippen molar-refractivity contribution in [2.75, 3.05) is 9.44 Å².